The zero-order valence-corrected chi connectivity index (χ0v) is 15.5. The van der Waals surface area contributed by atoms with Crippen LogP contribution in [0.4, 0.5) is 0 Å². The third-order valence-corrected chi connectivity index (χ3v) is 6.55. The van der Waals surface area contributed by atoms with Gasteiger partial charge in [-0.25, -0.2) is 0 Å². The highest BCUT2D eigenvalue weighted by molar-refractivity contribution is 5.33. The molecule has 1 aromatic rings. The molecule has 0 saturated carbocycles. The van der Waals surface area contributed by atoms with E-state index in [0.29, 0.717) is 23.8 Å². The number of phenolic OH excluding ortho intramolecular Hbond substituents is 1. The molecule has 4 unspecified atom stereocenters. The maximum Gasteiger partial charge on any atom is 0.115 e. The van der Waals surface area contributed by atoms with Crippen molar-refractivity contribution in [1.29, 1.82) is 0 Å². The summed E-state index contributed by atoms with van der Waals surface area (Å²) in [7, 11) is 0. The summed E-state index contributed by atoms with van der Waals surface area (Å²) >= 11 is 0. The van der Waals surface area contributed by atoms with E-state index in [1.165, 1.54) is 31.2 Å². The van der Waals surface area contributed by atoms with Gasteiger partial charge in [0.05, 0.1) is 6.10 Å². The monoisotopic (exact) mass is 331 g/mol. The van der Waals surface area contributed by atoms with E-state index in [-0.39, 0.29) is 5.41 Å². The summed E-state index contributed by atoms with van der Waals surface area (Å²) in [5.74, 6) is 0.941. The molecule has 3 heteroatoms. The number of likely N-dealkylation sites (tertiary alicyclic amines) is 1. The first kappa shape index (κ1) is 17.8. The Morgan fingerprint density at radius 3 is 2.83 bits per heavy atom. The van der Waals surface area contributed by atoms with Gasteiger partial charge in [-0.1, -0.05) is 32.9 Å². The van der Waals surface area contributed by atoms with Crippen LogP contribution < -0.4 is 0 Å². The Kier molecular flexibility index (Phi) is 5.51. The van der Waals surface area contributed by atoms with Crippen LogP contribution in [0.15, 0.2) is 24.3 Å². The average Bonchev–Trinajstić information content (AvgIpc) is 2.60. The minimum atomic E-state index is 0.140. The molecule has 2 saturated heterocycles. The molecule has 134 valence electrons. The Morgan fingerprint density at radius 1 is 1.38 bits per heavy atom. The largest absolute Gasteiger partial charge is 0.508 e. The van der Waals surface area contributed by atoms with Crippen molar-refractivity contribution in [1.82, 2.24) is 4.90 Å². The Hall–Kier alpha value is -1.06. The zero-order chi connectivity index (χ0) is 17.2. The quantitative estimate of drug-likeness (QED) is 0.891. The molecule has 24 heavy (non-hydrogen) atoms. The fourth-order valence-corrected chi connectivity index (χ4v) is 4.68. The van der Waals surface area contributed by atoms with E-state index in [0.717, 1.165) is 26.1 Å². The van der Waals surface area contributed by atoms with Crippen molar-refractivity contribution in [3.8, 4) is 5.75 Å². The van der Waals surface area contributed by atoms with Gasteiger partial charge in [0.2, 0.25) is 0 Å². The molecule has 3 rings (SSSR count). The SMILES string of the molecule is CCC(C1CCCCO1)N1CCC(C)(c2cccc(O)c2)C(C)C1. The number of hydrogen-bond donors (Lipinski definition) is 1. The Balaban J connectivity index is 1.72. The molecule has 4 atom stereocenters. The molecule has 2 heterocycles. The van der Waals surface area contributed by atoms with Crippen molar-refractivity contribution in [2.24, 2.45) is 5.92 Å². The lowest BCUT2D eigenvalue weighted by Gasteiger charge is -2.49. The second-order valence-corrected chi connectivity index (χ2v) is 7.99. The lowest BCUT2D eigenvalue weighted by Crippen LogP contribution is -2.54. The van der Waals surface area contributed by atoms with Gasteiger partial charge in [0.25, 0.3) is 0 Å². The number of rotatable bonds is 4. The van der Waals surface area contributed by atoms with E-state index < -0.39 is 0 Å². The molecule has 0 bridgehead atoms. The lowest BCUT2D eigenvalue weighted by atomic mass is 9.67. The van der Waals surface area contributed by atoms with Crippen molar-refractivity contribution < 1.29 is 9.84 Å². The van der Waals surface area contributed by atoms with Crippen LogP contribution in [0.25, 0.3) is 0 Å². The maximum absolute atomic E-state index is 9.87. The number of benzene rings is 1. The molecule has 2 aliphatic rings. The van der Waals surface area contributed by atoms with E-state index in [1.807, 2.05) is 12.1 Å². The van der Waals surface area contributed by atoms with Crippen molar-refractivity contribution in [3.63, 3.8) is 0 Å². The number of nitrogens with zero attached hydrogens (tertiary/aromatic N) is 1. The minimum Gasteiger partial charge on any atom is -0.508 e. The van der Waals surface area contributed by atoms with Crippen LogP contribution in [-0.4, -0.2) is 41.8 Å². The summed E-state index contributed by atoms with van der Waals surface area (Å²) in [6.45, 7) is 10.2. The lowest BCUT2D eigenvalue weighted by molar-refractivity contribution is -0.0583. The third-order valence-electron chi connectivity index (χ3n) is 6.55. The average molecular weight is 332 g/mol. The van der Waals surface area contributed by atoms with E-state index >= 15 is 0 Å². The number of piperidine rings is 1. The van der Waals surface area contributed by atoms with Crippen LogP contribution in [0.3, 0.4) is 0 Å². The molecular weight excluding hydrogens is 298 g/mol. The second kappa shape index (κ2) is 7.45. The standard InChI is InChI=1S/C21H33NO2/c1-4-19(20-10-5-6-13-24-20)22-12-11-21(3,16(2)15-22)17-8-7-9-18(23)14-17/h7-9,14,16,19-20,23H,4-6,10-13,15H2,1-3H3. The van der Waals surface area contributed by atoms with E-state index in [2.05, 4.69) is 31.7 Å². The van der Waals surface area contributed by atoms with Gasteiger partial charge in [0, 0.05) is 19.2 Å². The predicted octanol–water partition coefficient (Wildman–Crippen LogP) is 4.34. The summed E-state index contributed by atoms with van der Waals surface area (Å²) in [5.41, 5.74) is 1.41. The van der Waals surface area contributed by atoms with Crippen LogP contribution >= 0.6 is 0 Å². The number of phenols is 1. The van der Waals surface area contributed by atoms with Crippen LogP contribution in [0, 0.1) is 5.92 Å². The second-order valence-electron chi connectivity index (χ2n) is 7.99. The first-order valence-corrected chi connectivity index (χ1v) is 9.69. The maximum atomic E-state index is 9.87. The van der Waals surface area contributed by atoms with Crippen molar-refractivity contribution in [2.75, 3.05) is 19.7 Å². The summed E-state index contributed by atoms with van der Waals surface area (Å²) in [5, 5.41) is 9.87. The van der Waals surface area contributed by atoms with E-state index in [4.69, 9.17) is 4.74 Å². The molecule has 2 aliphatic heterocycles. The molecule has 1 aromatic carbocycles. The Labute approximate surface area is 147 Å². The molecule has 3 nitrogen and oxygen atoms in total. The predicted molar refractivity (Wildman–Crippen MR) is 98.5 cm³/mol. The number of hydrogen-bond acceptors (Lipinski definition) is 3. The smallest absolute Gasteiger partial charge is 0.115 e. The minimum absolute atomic E-state index is 0.140. The van der Waals surface area contributed by atoms with Crippen LogP contribution in [0.2, 0.25) is 0 Å². The molecule has 0 aromatic heterocycles. The first-order chi connectivity index (χ1) is 11.5. The number of aromatic hydroxyl groups is 1. The summed E-state index contributed by atoms with van der Waals surface area (Å²) in [6.07, 6.45) is 6.47. The first-order valence-electron chi connectivity index (χ1n) is 9.69. The van der Waals surface area contributed by atoms with Gasteiger partial charge in [-0.15, -0.1) is 0 Å². The highest BCUT2D eigenvalue weighted by Gasteiger charge is 2.41. The third kappa shape index (κ3) is 3.48. The highest BCUT2D eigenvalue weighted by atomic mass is 16.5. The number of ether oxygens (including phenoxy) is 1. The Morgan fingerprint density at radius 2 is 2.21 bits per heavy atom. The van der Waals surface area contributed by atoms with Gasteiger partial charge in [0.1, 0.15) is 5.75 Å². The highest BCUT2D eigenvalue weighted by Crippen LogP contribution is 2.41. The van der Waals surface area contributed by atoms with Gasteiger partial charge >= 0.3 is 0 Å². The van der Waals surface area contributed by atoms with Gasteiger partial charge < -0.3 is 9.84 Å². The van der Waals surface area contributed by atoms with Crippen LogP contribution in [-0.2, 0) is 10.2 Å². The van der Waals surface area contributed by atoms with Gasteiger partial charge in [-0.2, -0.15) is 0 Å². The molecule has 0 amide bonds. The molecule has 0 spiro atoms. The fourth-order valence-electron chi connectivity index (χ4n) is 4.68. The molecule has 0 aliphatic carbocycles. The summed E-state index contributed by atoms with van der Waals surface area (Å²) < 4.78 is 6.10. The molecule has 2 fully saturated rings. The van der Waals surface area contributed by atoms with Crippen molar-refractivity contribution in [2.45, 2.75) is 70.4 Å². The van der Waals surface area contributed by atoms with Gasteiger partial charge in [-0.3, -0.25) is 4.90 Å². The summed E-state index contributed by atoms with van der Waals surface area (Å²) in [6, 6.07) is 8.42. The molecule has 1 N–H and O–H groups in total. The Bertz CT molecular complexity index is 540. The topological polar surface area (TPSA) is 32.7 Å². The molecular formula is C21H33NO2. The van der Waals surface area contributed by atoms with Gasteiger partial charge in [0.15, 0.2) is 0 Å². The van der Waals surface area contributed by atoms with Gasteiger partial charge in [-0.05, 0) is 67.7 Å². The van der Waals surface area contributed by atoms with Crippen LogP contribution in [0.5, 0.6) is 5.75 Å². The van der Waals surface area contributed by atoms with E-state index in [9.17, 15) is 5.11 Å². The van der Waals surface area contributed by atoms with Crippen molar-refractivity contribution in [3.05, 3.63) is 29.8 Å². The summed E-state index contributed by atoms with van der Waals surface area (Å²) in [4.78, 5) is 2.67. The van der Waals surface area contributed by atoms with Crippen molar-refractivity contribution >= 4 is 0 Å². The normalized spacial score (nSPS) is 33.3. The fraction of sp³-hybridized carbons (Fsp3) is 0.714. The van der Waals surface area contributed by atoms with E-state index in [1.54, 1.807) is 6.07 Å². The molecule has 0 radical (unpaired) electrons. The zero-order valence-electron chi connectivity index (χ0n) is 15.5. The van der Waals surface area contributed by atoms with Crippen LogP contribution in [0.1, 0.15) is 58.4 Å².